The number of carbonyl (C=O) groups excluding carboxylic acids is 1. The quantitative estimate of drug-likeness (QED) is 0.742. The van der Waals surface area contributed by atoms with Crippen LogP contribution in [-0.4, -0.2) is 21.2 Å². The van der Waals surface area contributed by atoms with Crippen LogP contribution in [0.2, 0.25) is 0 Å². The van der Waals surface area contributed by atoms with E-state index < -0.39 is 0 Å². The maximum absolute atomic E-state index is 13.3. The van der Waals surface area contributed by atoms with Gasteiger partial charge in [-0.2, -0.15) is 0 Å². The fraction of sp³-hybridized carbons (Fsp3) is 0.842. The Bertz CT molecular complexity index is 611. The fourth-order valence-corrected chi connectivity index (χ4v) is 6.48. The van der Waals surface area contributed by atoms with E-state index in [9.17, 15) is 4.79 Å². The molecule has 0 spiro atoms. The second-order valence-electron chi connectivity index (χ2n) is 9.45. The maximum Gasteiger partial charge on any atom is 0.277 e. The predicted octanol–water partition coefficient (Wildman–Crippen LogP) is 4.63. The molecule has 4 bridgehead atoms. The van der Waals surface area contributed by atoms with E-state index in [1.54, 1.807) is 0 Å². The Morgan fingerprint density at radius 1 is 1.12 bits per heavy atom. The normalized spacial score (nSPS) is 36.1. The number of nitrogens with zero attached hydrogens (tertiary/aromatic N) is 2. The largest absolute Gasteiger partial charge is 0.415 e. The van der Waals surface area contributed by atoms with Crippen LogP contribution in [0.4, 0.5) is 0 Å². The van der Waals surface area contributed by atoms with E-state index in [4.69, 9.17) is 4.42 Å². The van der Waals surface area contributed by atoms with E-state index in [0.717, 1.165) is 37.0 Å². The monoisotopic (exact) mass is 348 g/mol. The van der Waals surface area contributed by atoms with Gasteiger partial charge in [-0.3, -0.25) is 4.79 Å². The highest BCUT2D eigenvalue weighted by molar-refractivity contribution is 8.00. The van der Waals surface area contributed by atoms with Crippen molar-refractivity contribution in [1.82, 2.24) is 10.2 Å². The number of hydrogen-bond donors (Lipinski definition) is 0. The minimum Gasteiger partial charge on any atom is -0.415 e. The SMILES string of the molecule is CC(Sc1nnc(C(C)(C)C)o1)C(=O)C12CC3CC(CC(C3)C1)C2. The second-order valence-corrected chi connectivity index (χ2v) is 10.7. The van der Waals surface area contributed by atoms with Crippen LogP contribution in [0.5, 0.6) is 0 Å². The highest BCUT2D eigenvalue weighted by Gasteiger charge is 2.55. The molecule has 0 amide bonds. The molecule has 1 atom stereocenters. The summed E-state index contributed by atoms with van der Waals surface area (Å²) in [4.78, 5) is 13.3. The van der Waals surface area contributed by atoms with Crippen molar-refractivity contribution in [3.8, 4) is 0 Å². The standard InChI is InChI=1S/C19H28N2O2S/c1-11(24-17-21-20-16(23-17)18(2,3)4)15(22)19-8-12-5-13(9-19)7-14(6-12)10-19/h11-14H,5-10H2,1-4H3. The first-order chi connectivity index (χ1) is 11.2. The summed E-state index contributed by atoms with van der Waals surface area (Å²) in [6.45, 7) is 8.18. The van der Waals surface area contributed by atoms with Crippen LogP contribution in [0.1, 0.15) is 72.1 Å². The maximum atomic E-state index is 13.3. The highest BCUT2D eigenvalue weighted by atomic mass is 32.2. The molecular weight excluding hydrogens is 320 g/mol. The molecule has 4 aliphatic carbocycles. The van der Waals surface area contributed by atoms with Crippen molar-refractivity contribution in [2.75, 3.05) is 0 Å². The summed E-state index contributed by atoms with van der Waals surface area (Å²) >= 11 is 1.45. The Balaban J connectivity index is 1.47. The first kappa shape index (κ1) is 16.6. The molecule has 1 aromatic heterocycles. The first-order valence-corrected chi connectivity index (χ1v) is 10.2. The number of aromatic nitrogens is 2. The second kappa shape index (κ2) is 5.58. The number of ketones is 1. The summed E-state index contributed by atoms with van der Waals surface area (Å²) in [5.41, 5.74) is -0.201. The third kappa shape index (κ3) is 2.83. The molecule has 0 aliphatic heterocycles. The first-order valence-electron chi connectivity index (χ1n) is 9.30. The van der Waals surface area contributed by atoms with Crippen LogP contribution in [0.3, 0.4) is 0 Å². The molecule has 1 aromatic rings. The lowest BCUT2D eigenvalue weighted by molar-refractivity contribution is -0.143. The minimum atomic E-state index is -0.154. The third-order valence-electron chi connectivity index (χ3n) is 6.26. The van der Waals surface area contributed by atoms with Crippen molar-refractivity contribution < 1.29 is 9.21 Å². The van der Waals surface area contributed by atoms with Crippen molar-refractivity contribution in [1.29, 1.82) is 0 Å². The van der Waals surface area contributed by atoms with Gasteiger partial charge in [-0.05, 0) is 63.2 Å². The van der Waals surface area contributed by atoms with E-state index in [-0.39, 0.29) is 16.1 Å². The molecule has 4 saturated carbocycles. The van der Waals surface area contributed by atoms with Crippen molar-refractivity contribution in [2.24, 2.45) is 23.2 Å². The molecule has 1 heterocycles. The van der Waals surface area contributed by atoms with Gasteiger partial charge in [-0.15, -0.1) is 10.2 Å². The summed E-state index contributed by atoms with van der Waals surface area (Å²) < 4.78 is 5.78. The van der Waals surface area contributed by atoms with Gasteiger partial charge in [0, 0.05) is 10.8 Å². The number of rotatable bonds is 4. The van der Waals surface area contributed by atoms with Gasteiger partial charge in [0.2, 0.25) is 5.89 Å². The molecule has 5 rings (SSSR count). The van der Waals surface area contributed by atoms with Crippen molar-refractivity contribution in [2.45, 2.75) is 82.1 Å². The minimum absolute atomic E-state index is 0.0476. The Hall–Kier alpha value is -0.840. The molecule has 0 saturated heterocycles. The average molecular weight is 349 g/mol. The number of carbonyl (C=O) groups is 1. The summed E-state index contributed by atoms with van der Waals surface area (Å²) in [6.07, 6.45) is 7.48. The molecule has 0 aromatic carbocycles. The van der Waals surface area contributed by atoms with E-state index in [0.29, 0.717) is 16.9 Å². The van der Waals surface area contributed by atoms with E-state index in [2.05, 4.69) is 31.0 Å². The van der Waals surface area contributed by atoms with Crippen LogP contribution < -0.4 is 0 Å². The molecule has 4 fully saturated rings. The topological polar surface area (TPSA) is 56.0 Å². The molecule has 24 heavy (non-hydrogen) atoms. The molecule has 0 N–H and O–H groups in total. The van der Waals surface area contributed by atoms with E-state index in [1.165, 1.54) is 31.0 Å². The molecule has 4 aliphatic rings. The lowest BCUT2D eigenvalue weighted by Gasteiger charge is -2.56. The van der Waals surface area contributed by atoms with E-state index >= 15 is 0 Å². The van der Waals surface area contributed by atoms with Gasteiger partial charge in [-0.25, -0.2) is 0 Å². The zero-order valence-electron chi connectivity index (χ0n) is 15.2. The molecule has 1 unspecified atom stereocenters. The number of hydrogen-bond acceptors (Lipinski definition) is 5. The van der Waals surface area contributed by atoms with Gasteiger partial charge in [-0.1, -0.05) is 32.5 Å². The molecule has 0 radical (unpaired) electrons. The average Bonchev–Trinajstić information content (AvgIpc) is 2.93. The zero-order chi connectivity index (χ0) is 17.1. The van der Waals surface area contributed by atoms with Crippen LogP contribution >= 0.6 is 11.8 Å². The summed E-state index contributed by atoms with van der Waals surface area (Å²) in [6, 6.07) is 0. The van der Waals surface area contributed by atoms with Crippen LogP contribution in [0.25, 0.3) is 0 Å². The molecular formula is C19H28N2O2S. The molecule has 4 nitrogen and oxygen atoms in total. The van der Waals surface area contributed by atoms with Gasteiger partial charge in [0.1, 0.15) is 0 Å². The summed E-state index contributed by atoms with van der Waals surface area (Å²) in [5.74, 6) is 3.47. The predicted molar refractivity (Wildman–Crippen MR) is 93.9 cm³/mol. The lowest BCUT2D eigenvalue weighted by Crippen LogP contribution is -2.51. The zero-order valence-corrected chi connectivity index (χ0v) is 16.0. The van der Waals surface area contributed by atoms with Crippen molar-refractivity contribution >= 4 is 17.5 Å². The highest BCUT2D eigenvalue weighted by Crippen LogP contribution is 2.61. The Kier molecular flexibility index (Phi) is 3.87. The number of thioether (sulfide) groups is 1. The van der Waals surface area contributed by atoms with Crippen molar-refractivity contribution in [3.63, 3.8) is 0 Å². The van der Waals surface area contributed by atoms with Crippen LogP contribution in [-0.2, 0) is 10.2 Å². The van der Waals surface area contributed by atoms with Gasteiger partial charge >= 0.3 is 0 Å². The Labute approximate surface area is 148 Å². The smallest absolute Gasteiger partial charge is 0.277 e. The summed E-state index contributed by atoms with van der Waals surface area (Å²) in [5, 5.41) is 8.72. The van der Waals surface area contributed by atoms with Gasteiger partial charge < -0.3 is 4.42 Å². The summed E-state index contributed by atoms with van der Waals surface area (Å²) in [7, 11) is 0. The lowest BCUT2D eigenvalue weighted by atomic mass is 9.48. The van der Waals surface area contributed by atoms with Gasteiger partial charge in [0.25, 0.3) is 5.22 Å². The fourth-order valence-electron chi connectivity index (χ4n) is 5.61. The molecule has 132 valence electrons. The van der Waals surface area contributed by atoms with E-state index in [1.807, 2.05) is 6.92 Å². The Morgan fingerprint density at radius 2 is 1.67 bits per heavy atom. The van der Waals surface area contributed by atoms with Crippen molar-refractivity contribution in [3.05, 3.63) is 5.89 Å². The number of Topliss-reactive ketones (excluding diaryl/α,β-unsaturated/α-hetero) is 1. The van der Waals surface area contributed by atoms with Gasteiger partial charge in [0.05, 0.1) is 5.25 Å². The Morgan fingerprint density at radius 3 is 2.12 bits per heavy atom. The van der Waals surface area contributed by atoms with Crippen LogP contribution in [0.15, 0.2) is 9.64 Å². The third-order valence-corrected chi connectivity index (χ3v) is 7.19. The van der Waals surface area contributed by atoms with Gasteiger partial charge in [0.15, 0.2) is 5.78 Å². The van der Waals surface area contributed by atoms with Crippen LogP contribution in [0, 0.1) is 23.2 Å². The molecule has 5 heteroatoms.